The van der Waals surface area contributed by atoms with Crippen LogP contribution in [0.1, 0.15) is 55.4 Å². The Balaban J connectivity index is 2.10. The third kappa shape index (κ3) is 3.52. The summed E-state index contributed by atoms with van der Waals surface area (Å²) in [4.78, 5) is 0. The van der Waals surface area contributed by atoms with Crippen LogP contribution in [0, 0.1) is 6.92 Å². The Labute approximate surface area is 116 Å². The van der Waals surface area contributed by atoms with Crippen molar-refractivity contribution in [3.05, 3.63) is 35.4 Å². The molecule has 0 bridgehead atoms. The molecule has 18 heavy (non-hydrogen) atoms. The third-order valence-electron chi connectivity index (χ3n) is 3.91. The Morgan fingerprint density at radius 2 is 1.83 bits per heavy atom. The predicted octanol–water partition coefficient (Wildman–Crippen LogP) is 4.45. The Bertz CT molecular complexity index is 354. The summed E-state index contributed by atoms with van der Waals surface area (Å²) in [5, 5.41) is 1.30. The second-order valence-electron chi connectivity index (χ2n) is 5.45. The molecule has 0 aromatic heterocycles. The summed E-state index contributed by atoms with van der Waals surface area (Å²) in [7, 11) is 0. The van der Waals surface area contributed by atoms with Crippen LogP contribution in [0.3, 0.4) is 0 Å². The summed E-state index contributed by atoms with van der Waals surface area (Å²) in [5.74, 6) is 0. The maximum Gasteiger partial charge on any atom is 0.0451 e. The Kier molecular flexibility index (Phi) is 5.13. The lowest BCUT2D eigenvalue weighted by atomic mass is 10.0. The first-order valence-electron chi connectivity index (χ1n) is 7.18. The monoisotopic (exact) mass is 263 g/mol. The lowest BCUT2D eigenvalue weighted by Gasteiger charge is -2.26. The number of nitrogens with two attached hydrogens (primary N) is 1. The van der Waals surface area contributed by atoms with Gasteiger partial charge in [-0.05, 0) is 31.7 Å². The van der Waals surface area contributed by atoms with Gasteiger partial charge in [-0.15, -0.1) is 11.8 Å². The maximum absolute atomic E-state index is 6.34. The van der Waals surface area contributed by atoms with Crippen molar-refractivity contribution in [3.8, 4) is 0 Å². The van der Waals surface area contributed by atoms with Crippen molar-refractivity contribution >= 4 is 11.8 Å². The lowest BCUT2D eigenvalue weighted by molar-refractivity contribution is 0.631. The fourth-order valence-corrected chi connectivity index (χ4v) is 4.36. The molecule has 2 rings (SSSR count). The van der Waals surface area contributed by atoms with E-state index in [0.717, 1.165) is 11.7 Å². The van der Waals surface area contributed by atoms with Gasteiger partial charge >= 0.3 is 0 Å². The van der Waals surface area contributed by atoms with Gasteiger partial charge in [0.1, 0.15) is 0 Å². The molecule has 1 aromatic rings. The fraction of sp³-hybridized carbons (Fsp3) is 0.625. The van der Waals surface area contributed by atoms with E-state index in [1.807, 2.05) is 0 Å². The van der Waals surface area contributed by atoms with Gasteiger partial charge in [-0.3, -0.25) is 0 Å². The first kappa shape index (κ1) is 14.0. The summed E-state index contributed by atoms with van der Waals surface area (Å²) in [6, 6.07) is 9.22. The number of aryl methyl sites for hydroxylation is 1. The minimum atomic E-state index is 0.276. The van der Waals surface area contributed by atoms with E-state index in [1.165, 1.54) is 36.8 Å². The molecule has 2 atom stereocenters. The van der Waals surface area contributed by atoms with Gasteiger partial charge in [0.05, 0.1) is 0 Å². The molecule has 1 aromatic carbocycles. The highest BCUT2D eigenvalue weighted by atomic mass is 32.2. The summed E-state index contributed by atoms with van der Waals surface area (Å²) in [6.45, 7) is 4.34. The van der Waals surface area contributed by atoms with Crippen molar-refractivity contribution < 1.29 is 0 Å². The van der Waals surface area contributed by atoms with Crippen LogP contribution in [0.15, 0.2) is 24.3 Å². The molecule has 1 aliphatic carbocycles. The molecule has 0 heterocycles. The highest BCUT2D eigenvalue weighted by Crippen LogP contribution is 2.41. The minimum absolute atomic E-state index is 0.276. The quantitative estimate of drug-likeness (QED) is 0.849. The molecule has 100 valence electrons. The van der Waals surface area contributed by atoms with Crippen LogP contribution in [0.2, 0.25) is 0 Å². The molecule has 2 heteroatoms. The Morgan fingerprint density at radius 3 is 2.39 bits per heavy atom. The van der Waals surface area contributed by atoms with Crippen molar-refractivity contribution in [1.29, 1.82) is 0 Å². The van der Waals surface area contributed by atoms with E-state index >= 15 is 0 Å². The molecule has 1 nitrogen and oxygen atoms in total. The van der Waals surface area contributed by atoms with Crippen LogP contribution in [0.25, 0.3) is 0 Å². The third-order valence-corrected chi connectivity index (χ3v) is 5.68. The van der Waals surface area contributed by atoms with E-state index < -0.39 is 0 Å². The zero-order valence-electron chi connectivity index (χ0n) is 11.6. The highest BCUT2D eigenvalue weighted by Gasteiger charge is 2.25. The topological polar surface area (TPSA) is 26.0 Å². The largest absolute Gasteiger partial charge is 0.326 e. The number of thioether (sulfide) groups is 1. The molecule has 1 fully saturated rings. The summed E-state index contributed by atoms with van der Waals surface area (Å²) in [6.07, 6.45) is 6.62. The molecule has 0 aliphatic heterocycles. The normalized spacial score (nSPS) is 19.9. The average Bonchev–Trinajstić information content (AvgIpc) is 2.89. The predicted molar refractivity (Wildman–Crippen MR) is 82.0 cm³/mol. The van der Waals surface area contributed by atoms with Gasteiger partial charge in [0.25, 0.3) is 0 Å². The molecule has 1 saturated carbocycles. The second kappa shape index (κ2) is 6.63. The van der Waals surface area contributed by atoms with Crippen molar-refractivity contribution in [2.24, 2.45) is 5.73 Å². The number of hydrogen-bond donors (Lipinski definition) is 1. The number of benzene rings is 1. The van der Waals surface area contributed by atoms with Crippen LogP contribution in [-0.2, 0) is 0 Å². The summed E-state index contributed by atoms with van der Waals surface area (Å²) >= 11 is 2.12. The maximum atomic E-state index is 6.34. The van der Waals surface area contributed by atoms with Gasteiger partial charge < -0.3 is 5.73 Å². The first-order valence-corrected chi connectivity index (χ1v) is 8.12. The molecule has 1 aliphatic rings. The smallest absolute Gasteiger partial charge is 0.0451 e. The van der Waals surface area contributed by atoms with Crippen LogP contribution < -0.4 is 5.73 Å². The van der Waals surface area contributed by atoms with E-state index in [1.54, 1.807) is 0 Å². The number of rotatable bonds is 5. The fourth-order valence-electron chi connectivity index (χ4n) is 2.63. The van der Waals surface area contributed by atoms with E-state index in [-0.39, 0.29) is 6.04 Å². The standard InChI is InChI=1S/C16H25NS/c1-3-15(17)16(18-14-6-4-5-7-14)13-10-8-12(2)9-11-13/h8-11,14-16H,3-7,17H2,1-2H3. The Morgan fingerprint density at radius 1 is 1.22 bits per heavy atom. The molecule has 0 saturated heterocycles. The van der Waals surface area contributed by atoms with Gasteiger partial charge in [-0.25, -0.2) is 0 Å². The van der Waals surface area contributed by atoms with Gasteiger partial charge in [0, 0.05) is 16.5 Å². The van der Waals surface area contributed by atoms with Gasteiger partial charge in [-0.1, -0.05) is 49.6 Å². The minimum Gasteiger partial charge on any atom is -0.326 e. The number of hydrogen-bond acceptors (Lipinski definition) is 2. The van der Waals surface area contributed by atoms with Crippen LogP contribution in [0.5, 0.6) is 0 Å². The first-order chi connectivity index (χ1) is 8.70. The molecule has 0 spiro atoms. The van der Waals surface area contributed by atoms with Crippen LogP contribution in [-0.4, -0.2) is 11.3 Å². The molecule has 2 unspecified atom stereocenters. The Hall–Kier alpha value is -0.470. The molecule has 0 radical (unpaired) electrons. The van der Waals surface area contributed by atoms with Crippen molar-refractivity contribution in [2.45, 2.75) is 62.5 Å². The van der Waals surface area contributed by atoms with E-state index in [0.29, 0.717) is 5.25 Å². The van der Waals surface area contributed by atoms with Crippen molar-refractivity contribution in [2.75, 3.05) is 0 Å². The van der Waals surface area contributed by atoms with Gasteiger partial charge in [0.15, 0.2) is 0 Å². The van der Waals surface area contributed by atoms with E-state index in [2.05, 4.69) is 49.9 Å². The summed E-state index contributed by atoms with van der Waals surface area (Å²) < 4.78 is 0. The molecule has 0 amide bonds. The molecule has 2 N–H and O–H groups in total. The van der Waals surface area contributed by atoms with E-state index in [9.17, 15) is 0 Å². The van der Waals surface area contributed by atoms with Gasteiger partial charge in [0.2, 0.25) is 0 Å². The van der Waals surface area contributed by atoms with Gasteiger partial charge in [-0.2, -0.15) is 0 Å². The zero-order valence-corrected chi connectivity index (χ0v) is 12.4. The van der Waals surface area contributed by atoms with Crippen LogP contribution >= 0.6 is 11.8 Å². The van der Waals surface area contributed by atoms with Crippen molar-refractivity contribution in [1.82, 2.24) is 0 Å². The van der Waals surface area contributed by atoms with Crippen molar-refractivity contribution in [3.63, 3.8) is 0 Å². The molecular weight excluding hydrogens is 238 g/mol. The van der Waals surface area contributed by atoms with E-state index in [4.69, 9.17) is 5.73 Å². The van der Waals surface area contributed by atoms with Crippen LogP contribution in [0.4, 0.5) is 0 Å². The molecular formula is C16H25NS. The SMILES string of the molecule is CCC(N)C(SC1CCCC1)c1ccc(C)cc1. The highest BCUT2D eigenvalue weighted by molar-refractivity contribution is 8.00. The second-order valence-corrected chi connectivity index (χ2v) is 6.89. The average molecular weight is 263 g/mol. The summed E-state index contributed by atoms with van der Waals surface area (Å²) in [5.41, 5.74) is 9.08. The zero-order chi connectivity index (χ0) is 13.0. The lowest BCUT2D eigenvalue weighted by Crippen LogP contribution is -2.27.